The van der Waals surface area contributed by atoms with Gasteiger partial charge in [0.2, 0.25) is 0 Å². The Kier molecular flexibility index (Phi) is 2.74. The van der Waals surface area contributed by atoms with Crippen LogP contribution in [0.25, 0.3) is 20.8 Å². The van der Waals surface area contributed by atoms with Crippen molar-refractivity contribution in [1.29, 1.82) is 0 Å². The molecule has 0 unspecified atom stereocenters. The average molecular weight is 274 g/mol. The van der Waals surface area contributed by atoms with Crippen molar-refractivity contribution in [3.63, 3.8) is 0 Å². The molecule has 3 heterocycles. The van der Waals surface area contributed by atoms with Crippen LogP contribution in [0.1, 0.15) is 23.9 Å². The summed E-state index contributed by atoms with van der Waals surface area (Å²) >= 11 is 1.54. The fraction of sp³-hybridized carbons (Fsp3) is 0.308. The molecule has 19 heavy (non-hydrogen) atoms. The first-order valence-corrected chi connectivity index (χ1v) is 6.91. The van der Waals surface area contributed by atoms with E-state index in [0.29, 0.717) is 11.4 Å². The molecule has 0 aliphatic rings. The second-order valence-electron chi connectivity index (χ2n) is 4.50. The van der Waals surface area contributed by atoms with E-state index in [0.717, 1.165) is 32.9 Å². The smallest absolute Gasteiger partial charge is 0.150 e. The first-order chi connectivity index (χ1) is 9.11. The van der Waals surface area contributed by atoms with Gasteiger partial charge in [-0.05, 0) is 37.1 Å². The Labute approximate surface area is 114 Å². The van der Waals surface area contributed by atoms with E-state index in [9.17, 15) is 0 Å². The molecule has 3 rings (SSSR count). The maximum absolute atomic E-state index is 6.22. The van der Waals surface area contributed by atoms with Crippen molar-refractivity contribution in [1.82, 2.24) is 15.3 Å². The molecule has 5 nitrogen and oxygen atoms in total. The Morgan fingerprint density at radius 3 is 2.74 bits per heavy atom. The number of thiophene rings is 1. The standard InChI is InChI=1S/C13H14N4OS/c1-4-9-6(2)5-8-10(14)12(19-13(8)15-9)11-7(3)16-18-17-11/h5H,4,14H2,1-3H3. The molecule has 0 atom stereocenters. The Balaban J connectivity index is 2.29. The third-order valence-electron chi connectivity index (χ3n) is 3.22. The van der Waals surface area contributed by atoms with E-state index in [4.69, 9.17) is 10.4 Å². The number of rotatable bonds is 2. The minimum absolute atomic E-state index is 0.705. The van der Waals surface area contributed by atoms with Crippen LogP contribution in [0.2, 0.25) is 0 Å². The zero-order valence-electron chi connectivity index (χ0n) is 11.0. The highest BCUT2D eigenvalue weighted by Gasteiger charge is 2.18. The van der Waals surface area contributed by atoms with Gasteiger partial charge in [0, 0.05) is 11.1 Å². The van der Waals surface area contributed by atoms with E-state index in [1.807, 2.05) is 6.92 Å². The van der Waals surface area contributed by atoms with Crippen LogP contribution in [0, 0.1) is 13.8 Å². The van der Waals surface area contributed by atoms with Crippen LogP contribution in [-0.2, 0) is 6.42 Å². The molecule has 98 valence electrons. The van der Waals surface area contributed by atoms with Crippen molar-refractivity contribution >= 4 is 27.2 Å². The minimum Gasteiger partial charge on any atom is -0.397 e. The van der Waals surface area contributed by atoms with Crippen molar-refractivity contribution in [2.24, 2.45) is 0 Å². The number of hydrogen-bond acceptors (Lipinski definition) is 6. The molecule has 6 heteroatoms. The maximum Gasteiger partial charge on any atom is 0.150 e. The highest BCUT2D eigenvalue weighted by atomic mass is 32.1. The number of nitrogen functional groups attached to an aromatic ring is 1. The Morgan fingerprint density at radius 1 is 1.32 bits per heavy atom. The monoisotopic (exact) mass is 274 g/mol. The molecule has 0 aliphatic heterocycles. The zero-order valence-corrected chi connectivity index (χ0v) is 11.8. The number of hydrogen-bond donors (Lipinski definition) is 1. The summed E-state index contributed by atoms with van der Waals surface area (Å²) in [4.78, 5) is 6.50. The van der Waals surface area contributed by atoms with Crippen molar-refractivity contribution in [3.8, 4) is 10.6 Å². The molecule has 0 aliphatic carbocycles. The van der Waals surface area contributed by atoms with Crippen LogP contribution in [0.4, 0.5) is 5.69 Å². The lowest BCUT2D eigenvalue weighted by Gasteiger charge is -2.01. The summed E-state index contributed by atoms with van der Waals surface area (Å²) < 4.78 is 4.75. The van der Waals surface area contributed by atoms with Crippen molar-refractivity contribution < 1.29 is 4.63 Å². The highest BCUT2D eigenvalue weighted by molar-refractivity contribution is 7.22. The average Bonchev–Trinajstić information content (AvgIpc) is 2.94. The summed E-state index contributed by atoms with van der Waals surface area (Å²) in [6.07, 6.45) is 0.916. The van der Waals surface area contributed by atoms with Crippen LogP contribution in [0.5, 0.6) is 0 Å². The van der Waals surface area contributed by atoms with Gasteiger partial charge in [-0.2, -0.15) is 0 Å². The topological polar surface area (TPSA) is 77.8 Å². The lowest BCUT2D eigenvalue weighted by Crippen LogP contribution is -1.92. The summed E-state index contributed by atoms with van der Waals surface area (Å²) in [6, 6.07) is 2.10. The van der Waals surface area contributed by atoms with Gasteiger partial charge in [-0.3, -0.25) is 0 Å². The first kappa shape index (κ1) is 12.1. The minimum atomic E-state index is 0.705. The molecule has 0 spiro atoms. The van der Waals surface area contributed by atoms with E-state index in [2.05, 4.69) is 35.2 Å². The molecule has 0 saturated carbocycles. The highest BCUT2D eigenvalue weighted by Crippen LogP contribution is 2.40. The Bertz CT molecular complexity index is 759. The molecule has 0 radical (unpaired) electrons. The van der Waals surface area contributed by atoms with Crippen molar-refractivity contribution in [3.05, 3.63) is 23.0 Å². The summed E-state index contributed by atoms with van der Waals surface area (Å²) in [5.41, 5.74) is 10.6. The maximum atomic E-state index is 6.22. The van der Waals surface area contributed by atoms with Gasteiger partial charge in [0.1, 0.15) is 16.2 Å². The van der Waals surface area contributed by atoms with E-state index < -0.39 is 0 Å². The van der Waals surface area contributed by atoms with Gasteiger partial charge < -0.3 is 5.73 Å². The normalized spacial score (nSPS) is 11.3. The third kappa shape index (κ3) is 1.79. The summed E-state index contributed by atoms with van der Waals surface area (Å²) in [7, 11) is 0. The van der Waals surface area contributed by atoms with Crippen LogP contribution in [-0.4, -0.2) is 15.3 Å². The van der Waals surface area contributed by atoms with Gasteiger partial charge in [0.05, 0.1) is 10.6 Å². The molecule has 0 saturated heterocycles. The van der Waals surface area contributed by atoms with Crippen LogP contribution >= 0.6 is 11.3 Å². The molecule has 3 aromatic rings. The van der Waals surface area contributed by atoms with Crippen LogP contribution < -0.4 is 5.73 Å². The number of pyridine rings is 1. The Morgan fingerprint density at radius 2 is 2.11 bits per heavy atom. The van der Waals surface area contributed by atoms with Gasteiger partial charge in [-0.25, -0.2) is 9.61 Å². The largest absolute Gasteiger partial charge is 0.397 e. The summed E-state index contributed by atoms with van der Waals surface area (Å²) in [5.74, 6) is 0. The number of nitrogens with zero attached hydrogens (tertiary/aromatic N) is 3. The molecule has 3 aromatic heterocycles. The molecule has 2 N–H and O–H groups in total. The van der Waals surface area contributed by atoms with Gasteiger partial charge in [0.25, 0.3) is 0 Å². The second-order valence-corrected chi connectivity index (χ2v) is 5.50. The van der Waals surface area contributed by atoms with E-state index in [1.165, 1.54) is 16.9 Å². The molecule has 0 fully saturated rings. The van der Waals surface area contributed by atoms with Gasteiger partial charge >= 0.3 is 0 Å². The van der Waals surface area contributed by atoms with Crippen LogP contribution in [0.3, 0.4) is 0 Å². The quantitative estimate of drug-likeness (QED) is 0.776. The van der Waals surface area contributed by atoms with Gasteiger partial charge in [-0.1, -0.05) is 12.1 Å². The lowest BCUT2D eigenvalue weighted by atomic mass is 10.1. The lowest BCUT2D eigenvalue weighted by molar-refractivity contribution is 0.306. The van der Waals surface area contributed by atoms with E-state index >= 15 is 0 Å². The summed E-state index contributed by atoms with van der Waals surface area (Å²) in [5, 5.41) is 8.71. The predicted molar refractivity (Wildman–Crippen MR) is 76.2 cm³/mol. The second kappa shape index (κ2) is 4.31. The number of aryl methyl sites for hydroxylation is 3. The number of nitrogens with two attached hydrogens (primary N) is 1. The van der Waals surface area contributed by atoms with Gasteiger partial charge in [-0.15, -0.1) is 11.3 Å². The van der Waals surface area contributed by atoms with Crippen molar-refractivity contribution in [2.75, 3.05) is 5.73 Å². The fourth-order valence-corrected chi connectivity index (χ4v) is 3.28. The van der Waals surface area contributed by atoms with E-state index in [1.54, 1.807) is 0 Å². The number of fused-ring (bicyclic) bond motifs is 1. The van der Waals surface area contributed by atoms with Crippen LogP contribution in [0.15, 0.2) is 10.7 Å². The zero-order chi connectivity index (χ0) is 13.6. The predicted octanol–water partition coefficient (Wildman–Crippen LogP) is 3.11. The summed E-state index contributed by atoms with van der Waals surface area (Å²) in [6.45, 7) is 6.02. The third-order valence-corrected chi connectivity index (χ3v) is 4.34. The SMILES string of the molecule is CCc1nc2sc(-c3nonc3C)c(N)c2cc1C. The number of aromatic nitrogens is 3. The number of anilines is 1. The first-order valence-electron chi connectivity index (χ1n) is 6.09. The molecule has 0 aromatic carbocycles. The fourth-order valence-electron chi connectivity index (χ4n) is 2.15. The molecule has 0 bridgehead atoms. The van der Waals surface area contributed by atoms with E-state index in [-0.39, 0.29) is 0 Å². The molecular formula is C13H14N4OS. The molecule has 0 amide bonds. The van der Waals surface area contributed by atoms with Crippen molar-refractivity contribution in [2.45, 2.75) is 27.2 Å². The molecular weight excluding hydrogens is 260 g/mol. The van der Waals surface area contributed by atoms with Gasteiger partial charge in [0.15, 0.2) is 0 Å². The Hall–Kier alpha value is -1.95.